The number of ether oxygens (including phenoxy) is 5. The van der Waals surface area contributed by atoms with Crippen LogP contribution in [0.1, 0.15) is 63.6 Å². The minimum atomic E-state index is -1.37. The molecule has 1 aromatic heterocycles. The topological polar surface area (TPSA) is 143 Å². The second-order valence-corrected chi connectivity index (χ2v) is 11.1. The Bertz CT molecular complexity index is 1530. The molecule has 1 aliphatic heterocycles. The van der Waals surface area contributed by atoms with Crippen LogP contribution >= 0.6 is 23.8 Å². The number of pyridine rings is 1. The monoisotopic (exact) mass is 630 g/mol. The van der Waals surface area contributed by atoms with Crippen LogP contribution in [0.3, 0.4) is 0 Å². The van der Waals surface area contributed by atoms with E-state index in [4.69, 9.17) is 47.5 Å². The molecule has 13 heteroatoms. The third-order valence-electron chi connectivity index (χ3n) is 7.18. The molecule has 0 saturated carbocycles. The normalized spacial score (nSPS) is 22.8. The first-order valence-corrected chi connectivity index (χ1v) is 14.5. The van der Waals surface area contributed by atoms with Gasteiger partial charge in [0, 0.05) is 44.0 Å². The number of hydrogen-bond donors (Lipinski definition) is 0. The van der Waals surface area contributed by atoms with Gasteiger partial charge in [-0.05, 0) is 48.9 Å². The average Bonchev–Trinajstić information content (AvgIpc) is 2.94. The molecule has 1 saturated heterocycles. The molecule has 5 atom stereocenters. The first-order valence-electron chi connectivity index (χ1n) is 13.7. The zero-order valence-electron chi connectivity index (χ0n) is 24.1. The Morgan fingerprint density at radius 3 is 2.09 bits per heavy atom. The standard InChI is InChI=1S/C30H31ClN2O9S/c1-15(34)38-14-24-26(39-16(2)35)27(40-17(3)36)28(41-18(4)37)29(42-24)33-23-8-6-5-7-21(23)25(22(13-32)30(33)43)19-9-11-20(31)12-10-19/h9-12,24,26-29H,5-8,14H2,1-4H3/t24-,26-,27-,28-,29-/m1/s1. The average molecular weight is 631 g/mol. The number of nitriles is 1. The summed E-state index contributed by atoms with van der Waals surface area (Å²) in [4.78, 5) is 48.6. The molecule has 0 unspecified atom stereocenters. The second kappa shape index (κ2) is 13.7. The maximum atomic E-state index is 12.4. The molecule has 1 aliphatic carbocycles. The van der Waals surface area contributed by atoms with Crippen LogP contribution < -0.4 is 0 Å². The van der Waals surface area contributed by atoms with Crippen molar-refractivity contribution in [3.8, 4) is 17.2 Å². The van der Waals surface area contributed by atoms with Crippen LogP contribution in [0.5, 0.6) is 0 Å². The molecule has 0 spiro atoms. The van der Waals surface area contributed by atoms with Crippen molar-refractivity contribution in [3.05, 3.63) is 50.7 Å². The molecule has 1 aromatic carbocycles. The van der Waals surface area contributed by atoms with Crippen molar-refractivity contribution >= 4 is 47.7 Å². The highest BCUT2D eigenvalue weighted by Crippen LogP contribution is 2.41. The van der Waals surface area contributed by atoms with E-state index >= 15 is 0 Å². The van der Waals surface area contributed by atoms with Crippen LogP contribution in [-0.2, 0) is 55.7 Å². The molecule has 11 nitrogen and oxygen atoms in total. The van der Waals surface area contributed by atoms with E-state index in [0.717, 1.165) is 43.5 Å². The SMILES string of the molecule is CC(=O)OC[C@H]1O[C@@H](n2c3c(c(-c4ccc(Cl)cc4)c(C#N)c2=S)CCCC3)[C@H](OC(C)=O)[C@H](OC(C)=O)[C@@H]1OC(C)=O. The van der Waals surface area contributed by atoms with Gasteiger partial charge < -0.3 is 28.3 Å². The minimum absolute atomic E-state index is 0.106. The first-order chi connectivity index (χ1) is 20.4. The lowest BCUT2D eigenvalue weighted by atomic mass is 9.86. The van der Waals surface area contributed by atoms with Crippen LogP contribution in [0.2, 0.25) is 5.02 Å². The number of carbonyl (C=O) groups excluding carboxylic acids is 4. The van der Waals surface area contributed by atoms with Crippen molar-refractivity contribution in [2.24, 2.45) is 0 Å². The van der Waals surface area contributed by atoms with Gasteiger partial charge in [-0.15, -0.1) is 0 Å². The molecule has 43 heavy (non-hydrogen) atoms. The minimum Gasteiger partial charge on any atom is -0.463 e. The fourth-order valence-corrected chi connectivity index (χ4v) is 6.13. The zero-order chi connectivity index (χ0) is 31.4. The predicted molar refractivity (Wildman–Crippen MR) is 154 cm³/mol. The van der Waals surface area contributed by atoms with E-state index in [1.807, 2.05) is 12.1 Å². The van der Waals surface area contributed by atoms with Crippen LogP contribution in [0.15, 0.2) is 24.3 Å². The van der Waals surface area contributed by atoms with Crippen molar-refractivity contribution in [2.45, 2.75) is 84.0 Å². The van der Waals surface area contributed by atoms with Gasteiger partial charge in [-0.25, -0.2) is 0 Å². The molecule has 0 radical (unpaired) electrons. The summed E-state index contributed by atoms with van der Waals surface area (Å²) in [7, 11) is 0. The Balaban J connectivity index is 1.99. The molecule has 0 N–H and O–H groups in total. The fraction of sp³-hybridized carbons (Fsp3) is 0.467. The number of carbonyl (C=O) groups is 4. The smallest absolute Gasteiger partial charge is 0.303 e. The third kappa shape index (κ3) is 7.06. The van der Waals surface area contributed by atoms with E-state index in [1.165, 1.54) is 13.8 Å². The van der Waals surface area contributed by atoms with Crippen molar-refractivity contribution in [1.29, 1.82) is 5.26 Å². The maximum Gasteiger partial charge on any atom is 0.303 e. The van der Waals surface area contributed by atoms with Crippen LogP contribution in [-0.4, -0.2) is 59.5 Å². The molecule has 2 heterocycles. The van der Waals surface area contributed by atoms with E-state index < -0.39 is 54.5 Å². The van der Waals surface area contributed by atoms with Crippen LogP contribution in [0.4, 0.5) is 0 Å². The van der Waals surface area contributed by atoms with Crippen LogP contribution in [0, 0.1) is 16.0 Å². The molecule has 2 aromatic rings. The summed E-state index contributed by atoms with van der Waals surface area (Å²) in [5, 5.41) is 10.9. The molecule has 228 valence electrons. The number of hydrogen-bond acceptors (Lipinski definition) is 11. The number of halogens is 1. The number of nitrogens with zero attached hydrogens (tertiary/aromatic N) is 2. The van der Waals surface area contributed by atoms with Gasteiger partial charge in [0.15, 0.2) is 24.5 Å². The van der Waals surface area contributed by atoms with E-state index in [0.29, 0.717) is 23.4 Å². The van der Waals surface area contributed by atoms with E-state index in [1.54, 1.807) is 16.7 Å². The lowest BCUT2D eigenvalue weighted by Gasteiger charge is -2.46. The summed E-state index contributed by atoms with van der Waals surface area (Å²) < 4.78 is 30.2. The van der Waals surface area contributed by atoms with Gasteiger partial charge in [0.1, 0.15) is 23.4 Å². The van der Waals surface area contributed by atoms with Gasteiger partial charge in [0.25, 0.3) is 0 Å². The molecule has 1 fully saturated rings. The first kappa shape index (κ1) is 32.1. The van der Waals surface area contributed by atoms with Gasteiger partial charge in [-0.3, -0.25) is 19.2 Å². The zero-order valence-corrected chi connectivity index (χ0v) is 25.7. The Kier molecular flexibility index (Phi) is 10.2. The van der Waals surface area contributed by atoms with Crippen LogP contribution in [0.25, 0.3) is 11.1 Å². The van der Waals surface area contributed by atoms with Crippen molar-refractivity contribution in [3.63, 3.8) is 0 Å². The Morgan fingerprint density at radius 2 is 1.51 bits per heavy atom. The molecular formula is C30H31ClN2O9S. The summed E-state index contributed by atoms with van der Waals surface area (Å²) >= 11 is 12.1. The third-order valence-corrected chi connectivity index (χ3v) is 7.83. The van der Waals surface area contributed by atoms with E-state index in [-0.39, 0.29) is 16.8 Å². The largest absolute Gasteiger partial charge is 0.463 e. The number of esters is 4. The van der Waals surface area contributed by atoms with E-state index in [9.17, 15) is 24.4 Å². The molecule has 2 aliphatic rings. The highest BCUT2D eigenvalue weighted by atomic mass is 35.5. The Labute approximate surface area is 258 Å². The van der Waals surface area contributed by atoms with Gasteiger partial charge >= 0.3 is 23.9 Å². The molecule has 4 rings (SSSR count). The number of benzene rings is 1. The highest BCUT2D eigenvalue weighted by Gasteiger charge is 2.53. The van der Waals surface area contributed by atoms with Gasteiger partial charge in [0.2, 0.25) is 0 Å². The summed E-state index contributed by atoms with van der Waals surface area (Å²) in [5.74, 6) is -2.82. The van der Waals surface area contributed by atoms with Crippen molar-refractivity contribution in [2.75, 3.05) is 6.61 Å². The molecule has 0 amide bonds. The van der Waals surface area contributed by atoms with E-state index in [2.05, 4.69) is 6.07 Å². The van der Waals surface area contributed by atoms with Crippen molar-refractivity contribution < 1.29 is 42.9 Å². The number of aromatic nitrogens is 1. The quantitative estimate of drug-likeness (QED) is 0.241. The Morgan fingerprint density at radius 1 is 0.930 bits per heavy atom. The summed E-state index contributed by atoms with van der Waals surface area (Å²) in [6.07, 6.45) is -3.59. The summed E-state index contributed by atoms with van der Waals surface area (Å²) in [5.41, 5.74) is 3.26. The molecule has 0 bridgehead atoms. The maximum absolute atomic E-state index is 12.4. The van der Waals surface area contributed by atoms with Gasteiger partial charge in [0.05, 0.1) is 5.56 Å². The predicted octanol–water partition coefficient (Wildman–Crippen LogP) is 4.54. The number of fused-ring (bicyclic) bond motifs is 1. The van der Waals surface area contributed by atoms with Crippen molar-refractivity contribution in [1.82, 2.24) is 4.57 Å². The highest BCUT2D eigenvalue weighted by molar-refractivity contribution is 7.71. The van der Waals surface area contributed by atoms with Gasteiger partial charge in [-0.1, -0.05) is 36.0 Å². The number of rotatable bonds is 7. The lowest BCUT2D eigenvalue weighted by molar-refractivity contribution is -0.269. The second-order valence-electron chi connectivity index (χ2n) is 10.3. The fourth-order valence-electron chi connectivity index (χ4n) is 5.65. The Hall–Kier alpha value is -3.79. The summed E-state index contributed by atoms with van der Waals surface area (Å²) in [6.45, 7) is 4.31. The summed E-state index contributed by atoms with van der Waals surface area (Å²) in [6, 6.07) is 9.35. The lowest BCUT2D eigenvalue weighted by Crippen LogP contribution is -2.61. The molecular weight excluding hydrogens is 600 g/mol. The van der Waals surface area contributed by atoms with Gasteiger partial charge in [-0.2, -0.15) is 5.26 Å².